The van der Waals surface area contributed by atoms with E-state index in [1.807, 2.05) is 0 Å². The number of hydrogen-bond acceptors (Lipinski definition) is 2. The number of carboxylic acids is 1. The van der Waals surface area contributed by atoms with Crippen molar-refractivity contribution < 1.29 is 19.1 Å². The quantitative estimate of drug-likeness (QED) is 0.907. The first-order valence-corrected chi connectivity index (χ1v) is 5.46. The zero-order valence-corrected chi connectivity index (χ0v) is 9.75. The summed E-state index contributed by atoms with van der Waals surface area (Å²) in [6.07, 6.45) is -0.274. The van der Waals surface area contributed by atoms with Crippen LogP contribution in [-0.4, -0.2) is 16.9 Å². The third-order valence-electron chi connectivity index (χ3n) is 2.85. The van der Waals surface area contributed by atoms with Crippen LogP contribution in [-0.2, 0) is 15.0 Å². The highest BCUT2D eigenvalue weighted by atomic mass is 79.9. The van der Waals surface area contributed by atoms with E-state index in [0.29, 0.717) is 4.47 Å². The van der Waals surface area contributed by atoms with Gasteiger partial charge in [0.1, 0.15) is 17.0 Å². The molecule has 1 aromatic carbocycles. The zero-order valence-electron chi connectivity index (χ0n) is 8.17. The second-order valence-corrected chi connectivity index (χ2v) is 4.73. The lowest BCUT2D eigenvalue weighted by molar-refractivity contribution is -0.153. The van der Waals surface area contributed by atoms with E-state index in [-0.39, 0.29) is 24.2 Å². The maximum absolute atomic E-state index is 13.6. The van der Waals surface area contributed by atoms with Crippen LogP contribution in [0, 0.1) is 5.82 Å². The van der Waals surface area contributed by atoms with Gasteiger partial charge in [0.2, 0.25) is 0 Å². The van der Waals surface area contributed by atoms with Crippen molar-refractivity contribution in [3.63, 3.8) is 0 Å². The van der Waals surface area contributed by atoms with Gasteiger partial charge in [-0.15, -0.1) is 0 Å². The molecule has 0 atom stereocenters. The Balaban J connectivity index is 2.57. The topological polar surface area (TPSA) is 54.4 Å². The molecular weight excluding hydrogens is 279 g/mol. The molecule has 16 heavy (non-hydrogen) atoms. The number of Topliss-reactive ketones (excluding diaryl/α,β-unsaturated/α-hetero) is 1. The van der Waals surface area contributed by atoms with Gasteiger partial charge in [0, 0.05) is 22.9 Å². The molecule has 0 aliphatic heterocycles. The summed E-state index contributed by atoms with van der Waals surface area (Å²) in [5.74, 6) is -1.90. The van der Waals surface area contributed by atoms with Gasteiger partial charge in [0.25, 0.3) is 0 Å². The van der Waals surface area contributed by atoms with Crippen LogP contribution in [0.3, 0.4) is 0 Å². The van der Waals surface area contributed by atoms with Gasteiger partial charge in [-0.05, 0) is 12.1 Å². The highest BCUT2D eigenvalue weighted by Gasteiger charge is 2.53. The highest BCUT2D eigenvalue weighted by molar-refractivity contribution is 9.10. The molecule has 0 aromatic heterocycles. The Hall–Kier alpha value is -1.23. The Morgan fingerprint density at radius 1 is 1.44 bits per heavy atom. The minimum absolute atomic E-state index is 0.0714. The molecule has 84 valence electrons. The molecule has 1 saturated carbocycles. The number of rotatable bonds is 2. The molecule has 0 heterocycles. The van der Waals surface area contributed by atoms with Crippen molar-refractivity contribution in [3.05, 3.63) is 34.1 Å². The van der Waals surface area contributed by atoms with Gasteiger partial charge in [-0.1, -0.05) is 22.0 Å². The Morgan fingerprint density at radius 2 is 2.06 bits per heavy atom. The van der Waals surface area contributed by atoms with Crippen LogP contribution in [0.25, 0.3) is 0 Å². The number of benzene rings is 1. The molecule has 1 aromatic rings. The van der Waals surface area contributed by atoms with Crippen LogP contribution in [0.2, 0.25) is 0 Å². The van der Waals surface area contributed by atoms with E-state index in [1.165, 1.54) is 12.1 Å². The van der Waals surface area contributed by atoms with Crippen molar-refractivity contribution in [3.8, 4) is 0 Å². The molecule has 0 spiro atoms. The van der Waals surface area contributed by atoms with Crippen molar-refractivity contribution in [2.24, 2.45) is 0 Å². The van der Waals surface area contributed by atoms with Crippen LogP contribution in [0.5, 0.6) is 0 Å². The Bertz CT molecular complexity index is 456. The van der Waals surface area contributed by atoms with Gasteiger partial charge >= 0.3 is 5.97 Å². The maximum atomic E-state index is 13.6. The van der Waals surface area contributed by atoms with E-state index in [9.17, 15) is 14.0 Å². The molecule has 1 N–H and O–H groups in total. The predicted octanol–water partition coefficient (Wildman–Crippen LogP) is 2.27. The minimum atomic E-state index is -1.39. The molecule has 3 nitrogen and oxygen atoms in total. The zero-order chi connectivity index (χ0) is 11.9. The summed E-state index contributed by atoms with van der Waals surface area (Å²) < 4.78 is 14.0. The lowest BCUT2D eigenvalue weighted by atomic mass is 9.63. The second kappa shape index (κ2) is 3.66. The van der Waals surface area contributed by atoms with E-state index in [0.717, 1.165) is 0 Å². The molecule has 0 unspecified atom stereocenters. The third-order valence-corrected chi connectivity index (χ3v) is 3.51. The lowest BCUT2D eigenvalue weighted by Gasteiger charge is -2.37. The fourth-order valence-electron chi connectivity index (χ4n) is 2.01. The molecule has 0 amide bonds. The van der Waals surface area contributed by atoms with Gasteiger partial charge in [-0.3, -0.25) is 9.59 Å². The Labute approximate surface area is 99.4 Å². The second-order valence-electron chi connectivity index (χ2n) is 3.88. The number of aliphatic carboxylic acids is 1. The average molecular weight is 287 g/mol. The minimum Gasteiger partial charge on any atom is -0.481 e. The molecule has 5 heteroatoms. The fraction of sp³-hybridized carbons (Fsp3) is 0.273. The first-order chi connectivity index (χ1) is 7.47. The van der Waals surface area contributed by atoms with Crippen LogP contribution in [0.4, 0.5) is 4.39 Å². The van der Waals surface area contributed by atoms with Crippen LogP contribution in [0.1, 0.15) is 18.4 Å². The third kappa shape index (κ3) is 1.46. The molecular formula is C11H8BrFO3. The van der Waals surface area contributed by atoms with Gasteiger partial charge in [0.05, 0.1) is 0 Å². The lowest BCUT2D eigenvalue weighted by Crippen LogP contribution is -2.49. The average Bonchev–Trinajstić information content (AvgIpc) is 2.13. The number of carboxylic acid groups (broad SMARTS) is 1. The normalized spacial score (nSPS) is 18.0. The summed E-state index contributed by atoms with van der Waals surface area (Å²) >= 11 is 3.13. The summed E-state index contributed by atoms with van der Waals surface area (Å²) in [5, 5.41) is 9.16. The van der Waals surface area contributed by atoms with Crippen molar-refractivity contribution in [2.45, 2.75) is 18.3 Å². The number of carbonyl (C=O) groups is 2. The monoisotopic (exact) mass is 286 g/mol. The Kier molecular flexibility index (Phi) is 2.58. The molecule has 1 aliphatic carbocycles. The maximum Gasteiger partial charge on any atom is 0.315 e. The summed E-state index contributed by atoms with van der Waals surface area (Å²) in [6, 6.07) is 4.26. The summed E-state index contributed by atoms with van der Waals surface area (Å²) in [6.45, 7) is 0. The van der Waals surface area contributed by atoms with E-state index >= 15 is 0 Å². The van der Waals surface area contributed by atoms with Crippen LogP contribution in [0.15, 0.2) is 22.7 Å². The number of hydrogen-bond donors (Lipinski definition) is 1. The summed E-state index contributed by atoms with van der Waals surface area (Å²) in [5.41, 5.74) is -1.32. The van der Waals surface area contributed by atoms with Crippen LogP contribution < -0.4 is 0 Å². The van der Waals surface area contributed by atoms with Crippen molar-refractivity contribution >= 4 is 27.7 Å². The van der Waals surface area contributed by atoms with Crippen molar-refractivity contribution in [1.82, 2.24) is 0 Å². The van der Waals surface area contributed by atoms with Crippen molar-refractivity contribution in [2.75, 3.05) is 0 Å². The fourth-order valence-corrected chi connectivity index (χ4v) is 2.73. The first kappa shape index (κ1) is 11.3. The van der Waals surface area contributed by atoms with Gasteiger partial charge < -0.3 is 5.11 Å². The van der Waals surface area contributed by atoms with E-state index in [4.69, 9.17) is 5.11 Å². The molecule has 0 bridgehead atoms. The van der Waals surface area contributed by atoms with Gasteiger partial charge in [0.15, 0.2) is 0 Å². The first-order valence-electron chi connectivity index (χ1n) is 4.67. The molecule has 1 fully saturated rings. The highest BCUT2D eigenvalue weighted by Crippen LogP contribution is 2.45. The smallest absolute Gasteiger partial charge is 0.315 e. The van der Waals surface area contributed by atoms with E-state index < -0.39 is 17.2 Å². The summed E-state index contributed by atoms with van der Waals surface area (Å²) in [4.78, 5) is 22.2. The largest absolute Gasteiger partial charge is 0.481 e. The number of halogens is 2. The summed E-state index contributed by atoms with van der Waals surface area (Å²) in [7, 11) is 0. The van der Waals surface area contributed by atoms with Gasteiger partial charge in [-0.25, -0.2) is 4.39 Å². The SMILES string of the molecule is O=C1CC(C(=O)O)(c2c(F)cccc2Br)C1. The van der Waals surface area contributed by atoms with E-state index in [1.54, 1.807) is 6.07 Å². The van der Waals surface area contributed by atoms with Crippen molar-refractivity contribution in [1.29, 1.82) is 0 Å². The number of carbonyl (C=O) groups excluding carboxylic acids is 1. The number of ketones is 1. The molecule has 1 aliphatic rings. The molecule has 0 radical (unpaired) electrons. The molecule has 0 saturated heterocycles. The molecule has 2 rings (SSSR count). The van der Waals surface area contributed by atoms with Gasteiger partial charge in [-0.2, -0.15) is 0 Å². The van der Waals surface area contributed by atoms with Crippen LogP contribution >= 0.6 is 15.9 Å². The predicted molar refractivity (Wildman–Crippen MR) is 57.7 cm³/mol. The standard InChI is InChI=1S/C11H8BrFO3/c12-7-2-1-3-8(13)9(7)11(10(15)16)4-6(14)5-11/h1-3H,4-5H2,(H,15,16). The van der Waals surface area contributed by atoms with E-state index in [2.05, 4.69) is 15.9 Å². The Morgan fingerprint density at radius 3 is 2.50 bits per heavy atom.